The molecule has 1 aliphatic heterocycles. The molecular formula is C15H21N. The molecule has 1 fully saturated rings. The molecule has 1 heteroatoms. The van der Waals surface area contributed by atoms with Gasteiger partial charge in [-0.05, 0) is 41.9 Å². The Kier molecular flexibility index (Phi) is 2.32. The molecule has 0 bridgehead atoms. The zero-order chi connectivity index (χ0) is 11.2. The summed E-state index contributed by atoms with van der Waals surface area (Å²) in [6.45, 7) is 6.85. The van der Waals surface area contributed by atoms with Gasteiger partial charge in [-0.25, -0.2) is 0 Å². The van der Waals surface area contributed by atoms with Gasteiger partial charge in [0.15, 0.2) is 0 Å². The van der Waals surface area contributed by atoms with Crippen molar-refractivity contribution in [3.63, 3.8) is 0 Å². The second kappa shape index (κ2) is 3.59. The molecule has 1 heterocycles. The van der Waals surface area contributed by atoms with E-state index in [1.807, 2.05) is 0 Å². The molecule has 0 atom stereocenters. The quantitative estimate of drug-likeness (QED) is 0.799. The molecule has 1 aromatic rings. The second-order valence-electron chi connectivity index (χ2n) is 5.97. The Balaban J connectivity index is 1.93. The molecule has 1 saturated carbocycles. The average molecular weight is 215 g/mol. The van der Waals surface area contributed by atoms with E-state index < -0.39 is 0 Å². The number of rotatable bonds is 2. The SMILES string of the molecule is CC(C)Cc1ccc2c(c1)CNCC21CC1. The molecule has 0 aromatic heterocycles. The molecule has 0 saturated heterocycles. The third kappa shape index (κ3) is 1.67. The minimum absolute atomic E-state index is 0.532. The first-order valence-electron chi connectivity index (χ1n) is 6.53. The monoisotopic (exact) mass is 215 g/mol. The molecule has 16 heavy (non-hydrogen) atoms. The number of fused-ring (bicyclic) bond motifs is 2. The van der Waals surface area contributed by atoms with Crippen LogP contribution in [0.25, 0.3) is 0 Å². The highest BCUT2D eigenvalue weighted by Crippen LogP contribution is 2.50. The first kappa shape index (κ1) is 10.3. The lowest BCUT2D eigenvalue weighted by molar-refractivity contribution is 0.529. The largest absolute Gasteiger partial charge is 0.312 e. The van der Waals surface area contributed by atoms with Gasteiger partial charge in [-0.15, -0.1) is 0 Å². The lowest BCUT2D eigenvalue weighted by Gasteiger charge is -2.27. The van der Waals surface area contributed by atoms with Crippen LogP contribution in [0.1, 0.15) is 43.4 Å². The van der Waals surface area contributed by atoms with Crippen LogP contribution in [0.3, 0.4) is 0 Å². The molecule has 1 N–H and O–H groups in total. The Morgan fingerprint density at radius 1 is 1.31 bits per heavy atom. The van der Waals surface area contributed by atoms with E-state index >= 15 is 0 Å². The highest BCUT2D eigenvalue weighted by Gasteiger charge is 2.46. The molecule has 2 aliphatic rings. The molecule has 1 nitrogen and oxygen atoms in total. The van der Waals surface area contributed by atoms with Crippen molar-refractivity contribution < 1.29 is 0 Å². The lowest BCUT2D eigenvalue weighted by atomic mass is 9.86. The van der Waals surface area contributed by atoms with Gasteiger partial charge in [-0.3, -0.25) is 0 Å². The van der Waals surface area contributed by atoms with Crippen LogP contribution in [0.5, 0.6) is 0 Å². The summed E-state index contributed by atoms with van der Waals surface area (Å²) in [7, 11) is 0. The van der Waals surface area contributed by atoms with Gasteiger partial charge < -0.3 is 5.32 Å². The van der Waals surface area contributed by atoms with E-state index in [1.165, 1.54) is 31.4 Å². The van der Waals surface area contributed by atoms with Crippen molar-refractivity contribution in [1.29, 1.82) is 0 Å². The normalized spacial score (nSPS) is 21.2. The minimum Gasteiger partial charge on any atom is -0.312 e. The van der Waals surface area contributed by atoms with Crippen LogP contribution in [0.15, 0.2) is 18.2 Å². The predicted molar refractivity (Wildman–Crippen MR) is 67.6 cm³/mol. The number of hydrogen-bond donors (Lipinski definition) is 1. The van der Waals surface area contributed by atoms with Gasteiger partial charge in [0.25, 0.3) is 0 Å². The Hall–Kier alpha value is -0.820. The van der Waals surface area contributed by atoms with Gasteiger partial charge in [0, 0.05) is 18.5 Å². The van der Waals surface area contributed by atoms with E-state index in [1.54, 1.807) is 11.1 Å². The maximum absolute atomic E-state index is 3.57. The van der Waals surface area contributed by atoms with E-state index in [9.17, 15) is 0 Å². The van der Waals surface area contributed by atoms with Gasteiger partial charge in [0.2, 0.25) is 0 Å². The van der Waals surface area contributed by atoms with Gasteiger partial charge >= 0.3 is 0 Å². The number of hydrogen-bond acceptors (Lipinski definition) is 1. The molecular weight excluding hydrogens is 194 g/mol. The predicted octanol–water partition coefficient (Wildman–Crippen LogP) is 3.02. The van der Waals surface area contributed by atoms with E-state index in [-0.39, 0.29) is 0 Å². The summed E-state index contributed by atoms with van der Waals surface area (Å²) in [5, 5.41) is 3.57. The molecule has 86 valence electrons. The van der Waals surface area contributed by atoms with Gasteiger partial charge in [0.1, 0.15) is 0 Å². The van der Waals surface area contributed by atoms with E-state index in [0.717, 1.165) is 12.5 Å². The Morgan fingerprint density at radius 3 is 2.81 bits per heavy atom. The fourth-order valence-electron chi connectivity index (χ4n) is 3.04. The Bertz CT molecular complexity index is 402. The van der Waals surface area contributed by atoms with Crippen LogP contribution < -0.4 is 5.32 Å². The maximum atomic E-state index is 3.57. The molecule has 1 spiro atoms. The highest BCUT2D eigenvalue weighted by molar-refractivity contribution is 5.43. The molecule has 0 amide bonds. The minimum atomic E-state index is 0.532. The topological polar surface area (TPSA) is 12.0 Å². The third-order valence-corrected chi connectivity index (χ3v) is 4.02. The van der Waals surface area contributed by atoms with Crippen LogP contribution >= 0.6 is 0 Å². The van der Waals surface area contributed by atoms with Crippen molar-refractivity contribution in [3.05, 3.63) is 34.9 Å². The van der Waals surface area contributed by atoms with Crippen molar-refractivity contribution >= 4 is 0 Å². The average Bonchev–Trinajstić information content (AvgIpc) is 2.98. The van der Waals surface area contributed by atoms with E-state index in [0.29, 0.717) is 5.41 Å². The summed E-state index contributed by atoms with van der Waals surface area (Å²) >= 11 is 0. The first-order chi connectivity index (χ1) is 7.70. The Labute approximate surface area is 98.3 Å². The van der Waals surface area contributed by atoms with Crippen molar-refractivity contribution in [1.82, 2.24) is 5.32 Å². The summed E-state index contributed by atoms with van der Waals surface area (Å²) in [5.74, 6) is 0.754. The number of benzene rings is 1. The number of nitrogens with one attached hydrogen (secondary N) is 1. The van der Waals surface area contributed by atoms with Crippen LogP contribution in [-0.2, 0) is 18.4 Å². The third-order valence-electron chi connectivity index (χ3n) is 4.02. The standard InChI is InChI=1S/C15H21N/c1-11(2)7-12-3-4-14-13(8-12)9-16-10-15(14)5-6-15/h3-4,8,11,16H,5-7,9-10H2,1-2H3. The zero-order valence-electron chi connectivity index (χ0n) is 10.3. The van der Waals surface area contributed by atoms with Crippen LogP contribution in [0.2, 0.25) is 0 Å². The van der Waals surface area contributed by atoms with Crippen LogP contribution in [-0.4, -0.2) is 6.54 Å². The summed E-state index contributed by atoms with van der Waals surface area (Å²) in [6.07, 6.45) is 3.98. The molecule has 0 radical (unpaired) electrons. The summed E-state index contributed by atoms with van der Waals surface area (Å²) in [4.78, 5) is 0. The summed E-state index contributed by atoms with van der Waals surface area (Å²) in [6, 6.07) is 7.19. The fraction of sp³-hybridized carbons (Fsp3) is 0.600. The molecule has 0 unspecified atom stereocenters. The second-order valence-corrected chi connectivity index (χ2v) is 5.97. The van der Waals surface area contributed by atoms with Crippen molar-refractivity contribution in [2.75, 3.05) is 6.54 Å². The smallest absolute Gasteiger partial charge is 0.0208 e. The fourth-order valence-corrected chi connectivity index (χ4v) is 3.04. The van der Waals surface area contributed by atoms with Crippen molar-refractivity contribution in [2.45, 2.75) is 45.1 Å². The summed E-state index contributed by atoms with van der Waals surface area (Å²) in [5.41, 5.74) is 5.23. The zero-order valence-corrected chi connectivity index (χ0v) is 10.3. The molecule has 1 aliphatic carbocycles. The summed E-state index contributed by atoms with van der Waals surface area (Å²) < 4.78 is 0. The van der Waals surface area contributed by atoms with Crippen LogP contribution in [0, 0.1) is 5.92 Å². The highest BCUT2D eigenvalue weighted by atomic mass is 14.9. The molecule has 3 rings (SSSR count). The van der Waals surface area contributed by atoms with Crippen LogP contribution in [0.4, 0.5) is 0 Å². The Morgan fingerprint density at radius 2 is 2.12 bits per heavy atom. The van der Waals surface area contributed by atoms with E-state index in [2.05, 4.69) is 37.4 Å². The first-order valence-corrected chi connectivity index (χ1v) is 6.53. The van der Waals surface area contributed by atoms with Crippen molar-refractivity contribution in [2.24, 2.45) is 5.92 Å². The lowest BCUT2D eigenvalue weighted by Crippen LogP contribution is -2.33. The van der Waals surface area contributed by atoms with Gasteiger partial charge in [-0.2, -0.15) is 0 Å². The van der Waals surface area contributed by atoms with Crippen molar-refractivity contribution in [3.8, 4) is 0 Å². The maximum Gasteiger partial charge on any atom is 0.0208 e. The van der Waals surface area contributed by atoms with E-state index in [4.69, 9.17) is 0 Å². The van der Waals surface area contributed by atoms with Gasteiger partial charge in [-0.1, -0.05) is 32.0 Å². The molecule has 1 aromatic carbocycles. The van der Waals surface area contributed by atoms with Gasteiger partial charge in [0.05, 0.1) is 0 Å².